The minimum atomic E-state index is -0.994. The number of esters is 3. The number of benzene rings is 2. The molecule has 152 valence electrons. The molecule has 0 spiro atoms. The number of carbonyl (C=O) groups excluding carboxylic acids is 4. The van der Waals surface area contributed by atoms with E-state index in [1.807, 2.05) is 0 Å². The number of rotatable bonds is 5. The standard InChI is InChI=1S/C20H17ClO8/c1-9-5-15(22)11(8-14(9)21)17(23)10-6-12(18(24)27-2)16(20(26)29-4)13(7-10)19(25)28-3/h5-8,22H,1-4H3. The van der Waals surface area contributed by atoms with Crippen molar-refractivity contribution in [3.05, 3.63) is 62.7 Å². The number of ether oxygens (including phenoxy) is 3. The van der Waals surface area contributed by atoms with E-state index in [1.54, 1.807) is 6.92 Å². The molecule has 2 rings (SSSR count). The smallest absolute Gasteiger partial charge is 0.339 e. The summed E-state index contributed by atoms with van der Waals surface area (Å²) in [5, 5.41) is 10.4. The van der Waals surface area contributed by atoms with Gasteiger partial charge in [-0.2, -0.15) is 0 Å². The van der Waals surface area contributed by atoms with Crippen LogP contribution in [-0.4, -0.2) is 50.1 Å². The van der Waals surface area contributed by atoms with Crippen LogP contribution in [0.3, 0.4) is 0 Å². The minimum Gasteiger partial charge on any atom is -0.507 e. The number of aromatic hydroxyl groups is 1. The first-order valence-corrected chi connectivity index (χ1v) is 8.50. The van der Waals surface area contributed by atoms with Gasteiger partial charge in [-0.25, -0.2) is 14.4 Å². The maximum absolute atomic E-state index is 13.0. The van der Waals surface area contributed by atoms with Crippen molar-refractivity contribution in [2.24, 2.45) is 0 Å². The molecule has 0 bridgehead atoms. The Hall–Kier alpha value is -3.39. The average Bonchev–Trinajstić information content (AvgIpc) is 2.72. The van der Waals surface area contributed by atoms with E-state index >= 15 is 0 Å². The quantitative estimate of drug-likeness (QED) is 0.446. The SMILES string of the molecule is COC(=O)c1cc(C(=O)c2cc(Cl)c(C)cc2O)cc(C(=O)OC)c1C(=O)OC. The zero-order valence-corrected chi connectivity index (χ0v) is 16.7. The normalized spacial score (nSPS) is 10.2. The maximum Gasteiger partial charge on any atom is 0.339 e. The Bertz CT molecular complexity index is 988. The first-order chi connectivity index (χ1) is 13.7. The van der Waals surface area contributed by atoms with Crippen LogP contribution >= 0.6 is 11.6 Å². The van der Waals surface area contributed by atoms with Crippen molar-refractivity contribution in [2.45, 2.75) is 6.92 Å². The number of hydrogen-bond acceptors (Lipinski definition) is 8. The van der Waals surface area contributed by atoms with Gasteiger partial charge in [-0.15, -0.1) is 0 Å². The lowest BCUT2D eigenvalue weighted by Crippen LogP contribution is -2.20. The summed E-state index contributed by atoms with van der Waals surface area (Å²) in [6, 6.07) is 4.71. The third kappa shape index (κ3) is 4.22. The second kappa shape index (κ2) is 8.74. The number of ketones is 1. The highest BCUT2D eigenvalue weighted by atomic mass is 35.5. The molecule has 2 aromatic carbocycles. The summed E-state index contributed by atoms with van der Waals surface area (Å²) in [7, 11) is 3.21. The van der Waals surface area contributed by atoms with Crippen molar-refractivity contribution in [1.82, 2.24) is 0 Å². The topological polar surface area (TPSA) is 116 Å². The number of phenolic OH excluding ortho intramolecular Hbond substituents is 1. The summed E-state index contributed by atoms with van der Waals surface area (Å²) in [4.78, 5) is 49.6. The molecule has 8 nitrogen and oxygen atoms in total. The van der Waals surface area contributed by atoms with Crippen molar-refractivity contribution in [2.75, 3.05) is 21.3 Å². The lowest BCUT2D eigenvalue weighted by Gasteiger charge is -2.14. The fraction of sp³-hybridized carbons (Fsp3) is 0.200. The van der Waals surface area contributed by atoms with E-state index in [2.05, 4.69) is 14.2 Å². The molecule has 0 aromatic heterocycles. The number of methoxy groups -OCH3 is 3. The second-order valence-corrected chi connectivity index (χ2v) is 6.28. The third-order valence-corrected chi connectivity index (χ3v) is 4.53. The van der Waals surface area contributed by atoms with Crippen LogP contribution in [0.25, 0.3) is 0 Å². The molecule has 0 radical (unpaired) electrons. The van der Waals surface area contributed by atoms with Crippen LogP contribution < -0.4 is 0 Å². The molecule has 0 aliphatic rings. The summed E-state index contributed by atoms with van der Waals surface area (Å²) >= 11 is 6.04. The Morgan fingerprint density at radius 3 is 1.72 bits per heavy atom. The van der Waals surface area contributed by atoms with E-state index in [0.29, 0.717) is 5.56 Å². The highest BCUT2D eigenvalue weighted by molar-refractivity contribution is 6.32. The van der Waals surface area contributed by atoms with Crippen LogP contribution in [0.1, 0.15) is 52.6 Å². The van der Waals surface area contributed by atoms with Gasteiger partial charge >= 0.3 is 17.9 Å². The molecule has 0 saturated heterocycles. The lowest BCUT2D eigenvalue weighted by molar-refractivity contribution is 0.0535. The largest absolute Gasteiger partial charge is 0.507 e. The molecule has 0 unspecified atom stereocenters. The van der Waals surface area contributed by atoms with Gasteiger partial charge in [0.25, 0.3) is 0 Å². The van der Waals surface area contributed by atoms with E-state index in [4.69, 9.17) is 11.6 Å². The van der Waals surface area contributed by atoms with Gasteiger partial charge in [0.05, 0.1) is 43.6 Å². The molecule has 0 heterocycles. The van der Waals surface area contributed by atoms with Gasteiger partial charge in [0, 0.05) is 10.6 Å². The summed E-state index contributed by atoms with van der Waals surface area (Å²) < 4.78 is 14.0. The zero-order valence-electron chi connectivity index (χ0n) is 16.0. The molecule has 29 heavy (non-hydrogen) atoms. The summed E-state index contributed by atoms with van der Waals surface area (Å²) in [5.41, 5.74) is -0.931. The molecule has 2 aromatic rings. The second-order valence-electron chi connectivity index (χ2n) is 5.87. The summed E-state index contributed by atoms with van der Waals surface area (Å²) in [6.45, 7) is 1.65. The number of halogens is 1. The summed E-state index contributed by atoms with van der Waals surface area (Å²) in [5.74, 6) is -4.02. The van der Waals surface area contributed by atoms with Crippen molar-refractivity contribution in [3.63, 3.8) is 0 Å². The van der Waals surface area contributed by atoms with Crippen molar-refractivity contribution < 1.29 is 38.5 Å². The minimum absolute atomic E-state index is 0.155. The Labute approximate surface area is 170 Å². The van der Waals surface area contributed by atoms with Crippen molar-refractivity contribution in [3.8, 4) is 5.75 Å². The van der Waals surface area contributed by atoms with E-state index < -0.39 is 29.3 Å². The molecular formula is C20H17ClO8. The highest BCUT2D eigenvalue weighted by Gasteiger charge is 2.29. The maximum atomic E-state index is 13.0. The Balaban J connectivity index is 2.81. The number of hydrogen-bond donors (Lipinski definition) is 1. The molecule has 0 fully saturated rings. The first kappa shape index (κ1) is 21.9. The van der Waals surface area contributed by atoms with Crippen LogP contribution in [0.5, 0.6) is 5.75 Å². The molecule has 0 amide bonds. The average molecular weight is 421 g/mol. The predicted molar refractivity (Wildman–Crippen MR) is 102 cm³/mol. The van der Waals surface area contributed by atoms with Crippen LogP contribution in [0.2, 0.25) is 5.02 Å². The van der Waals surface area contributed by atoms with Gasteiger partial charge in [0.2, 0.25) is 0 Å². The van der Waals surface area contributed by atoms with Gasteiger partial charge in [0.1, 0.15) is 5.75 Å². The Kier molecular flexibility index (Phi) is 6.60. The van der Waals surface area contributed by atoms with E-state index in [-0.39, 0.29) is 33.0 Å². The van der Waals surface area contributed by atoms with E-state index in [9.17, 15) is 24.3 Å². The van der Waals surface area contributed by atoms with E-state index in [0.717, 1.165) is 33.5 Å². The van der Waals surface area contributed by atoms with Gasteiger partial charge in [-0.05, 0) is 36.8 Å². The third-order valence-electron chi connectivity index (χ3n) is 4.12. The monoisotopic (exact) mass is 420 g/mol. The number of carbonyl (C=O) groups is 4. The molecule has 0 atom stereocenters. The first-order valence-electron chi connectivity index (χ1n) is 8.13. The molecular weight excluding hydrogens is 404 g/mol. The molecule has 0 aliphatic heterocycles. The number of phenols is 1. The molecule has 0 saturated carbocycles. The Morgan fingerprint density at radius 1 is 0.793 bits per heavy atom. The van der Waals surface area contributed by atoms with Gasteiger partial charge in [0.15, 0.2) is 5.78 Å². The van der Waals surface area contributed by atoms with Gasteiger partial charge in [-0.3, -0.25) is 4.79 Å². The number of aryl methyl sites for hydroxylation is 1. The Morgan fingerprint density at radius 2 is 1.28 bits per heavy atom. The zero-order chi connectivity index (χ0) is 21.9. The fourth-order valence-corrected chi connectivity index (χ4v) is 2.80. The van der Waals surface area contributed by atoms with Crippen LogP contribution in [-0.2, 0) is 14.2 Å². The van der Waals surface area contributed by atoms with Crippen LogP contribution in [0, 0.1) is 6.92 Å². The highest BCUT2D eigenvalue weighted by Crippen LogP contribution is 2.29. The van der Waals surface area contributed by atoms with E-state index in [1.165, 1.54) is 12.1 Å². The fourth-order valence-electron chi connectivity index (χ4n) is 2.64. The van der Waals surface area contributed by atoms with Gasteiger partial charge < -0.3 is 19.3 Å². The molecule has 1 N–H and O–H groups in total. The van der Waals surface area contributed by atoms with Crippen LogP contribution in [0.15, 0.2) is 24.3 Å². The van der Waals surface area contributed by atoms with Crippen molar-refractivity contribution in [1.29, 1.82) is 0 Å². The lowest BCUT2D eigenvalue weighted by atomic mass is 9.93. The summed E-state index contributed by atoms with van der Waals surface area (Å²) in [6.07, 6.45) is 0. The van der Waals surface area contributed by atoms with Gasteiger partial charge in [-0.1, -0.05) is 11.6 Å². The molecule has 9 heteroatoms. The van der Waals surface area contributed by atoms with Crippen molar-refractivity contribution >= 4 is 35.3 Å². The predicted octanol–water partition coefficient (Wildman–Crippen LogP) is 2.94. The molecule has 0 aliphatic carbocycles. The van der Waals surface area contributed by atoms with Crippen LogP contribution in [0.4, 0.5) is 0 Å².